The second-order valence-corrected chi connectivity index (χ2v) is 10.4. The van der Waals surface area contributed by atoms with Gasteiger partial charge in [-0.1, -0.05) is 12.1 Å². The number of carbonyl (C=O) groups is 1. The maximum atomic E-state index is 13.1. The summed E-state index contributed by atoms with van der Waals surface area (Å²) in [7, 11) is 1.87. The number of fused-ring (bicyclic) bond motifs is 2. The fourth-order valence-electron chi connectivity index (χ4n) is 4.12. The minimum absolute atomic E-state index is 0.0886. The molecule has 0 radical (unpaired) electrons. The smallest absolute Gasteiger partial charge is 0.256 e. The molecule has 3 heterocycles. The highest BCUT2D eigenvalue weighted by Crippen LogP contribution is 2.46. The minimum Gasteiger partial charge on any atom is -0.388 e. The Kier molecular flexibility index (Phi) is 5.71. The van der Waals surface area contributed by atoms with Gasteiger partial charge >= 0.3 is 0 Å². The van der Waals surface area contributed by atoms with E-state index in [4.69, 9.17) is 4.98 Å². The van der Waals surface area contributed by atoms with Crippen LogP contribution < -0.4 is 10.6 Å². The summed E-state index contributed by atoms with van der Waals surface area (Å²) >= 11 is 3.40. The van der Waals surface area contributed by atoms with E-state index in [9.17, 15) is 4.79 Å². The summed E-state index contributed by atoms with van der Waals surface area (Å²) in [6.07, 6.45) is 0.974. The van der Waals surface area contributed by atoms with Gasteiger partial charge in [-0.25, -0.2) is 4.98 Å². The van der Waals surface area contributed by atoms with Crippen LogP contribution >= 0.6 is 22.7 Å². The molecular weight excluding hydrogens is 436 g/mol. The molecule has 0 bridgehead atoms. The van der Waals surface area contributed by atoms with Crippen molar-refractivity contribution in [3.8, 4) is 10.6 Å². The molecule has 1 aliphatic heterocycles. The standard InChI is InChI=1S/C25H26N4OS2/c1-15(2)29-13-12-18-21(14-29)32-25(28-23(30)16-8-10-17(26-3)11-9-16)22(18)24-27-19-6-4-5-7-20(19)31-24/h4-11,15,26H,12-14H2,1-3H3,(H,28,30). The fourth-order valence-corrected chi connectivity index (χ4v) is 6.50. The van der Waals surface area contributed by atoms with Crippen LogP contribution in [-0.2, 0) is 13.0 Å². The number of amides is 1. The van der Waals surface area contributed by atoms with Gasteiger partial charge in [-0.3, -0.25) is 9.69 Å². The van der Waals surface area contributed by atoms with E-state index in [2.05, 4.69) is 41.5 Å². The van der Waals surface area contributed by atoms with E-state index in [1.165, 1.54) is 15.1 Å². The summed E-state index contributed by atoms with van der Waals surface area (Å²) in [5, 5.41) is 8.20. The molecule has 1 amide bonds. The topological polar surface area (TPSA) is 57.3 Å². The Hall–Kier alpha value is -2.74. The van der Waals surface area contributed by atoms with Crippen LogP contribution in [0.15, 0.2) is 48.5 Å². The van der Waals surface area contributed by atoms with E-state index in [1.54, 1.807) is 22.7 Å². The van der Waals surface area contributed by atoms with Gasteiger partial charge in [-0.15, -0.1) is 22.7 Å². The summed E-state index contributed by atoms with van der Waals surface area (Å²) in [4.78, 5) is 21.9. The predicted octanol–water partition coefficient (Wildman–Crippen LogP) is 6.09. The maximum absolute atomic E-state index is 13.1. The molecule has 7 heteroatoms. The molecule has 164 valence electrons. The van der Waals surface area contributed by atoms with Crippen LogP contribution in [0.5, 0.6) is 0 Å². The van der Waals surface area contributed by atoms with Gasteiger partial charge in [0.25, 0.3) is 5.91 Å². The lowest BCUT2D eigenvalue weighted by Crippen LogP contribution is -2.35. The lowest BCUT2D eigenvalue weighted by Gasteiger charge is -2.30. The minimum atomic E-state index is -0.0886. The van der Waals surface area contributed by atoms with Crippen LogP contribution in [0, 0.1) is 0 Å². The average Bonchev–Trinajstić information content (AvgIpc) is 3.38. The van der Waals surface area contributed by atoms with Crippen molar-refractivity contribution >= 4 is 49.5 Å². The average molecular weight is 463 g/mol. The van der Waals surface area contributed by atoms with E-state index in [0.29, 0.717) is 11.6 Å². The molecule has 2 aromatic heterocycles. The van der Waals surface area contributed by atoms with Crippen LogP contribution in [-0.4, -0.2) is 35.4 Å². The number of nitrogens with one attached hydrogen (secondary N) is 2. The van der Waals surface area contributed by atoms with Gasteiger partial charge in [-0.05, 0) is 62.2 Å². The third-order valence-corrected chi connectivity index (χ3v) is 8.17. The third-order valence-electron chi connectivity index (χ3n) is 5.99. The largest absolute Gasteiger partial charge is 0.388 e. The first-order chi connectivity index (χ1) is 15.5. The lowest BCUT2D eigenvalue weighted by atomic mass is 10.0. The third kappa shape index (κ3) is 3.92. The van der Waals surface area contributed by atoms with Crippen LogP contribution in [0.4, 0.5) is 10.7 Å². The first-order valence-electron chi connectivity index (χ1n) is 10.9. The molecule has 0 saturated carbocycles. The van der Waals surface area contributed by atoms with Crippen LogP contribution in [0.1, 0.15) is 34.6 Å². The Bertz CT molecular complexity index is 1240. The molecule has 5 rings (SSSR count). The molecule has 0 aliphatic carbocycles. The number of benzene rings is 2. The van der Waals surface area contributed by atoms with Gasteiger partial charge in [0, 0.05) is 47.9 Å². The number of hydrogen-bond acceptors (Lipinski definition) is 6. The van der Waals surface area contributed by atoms with Gasteiger partial charge < -0.3 is 10.6 Å². The van der Waals surface area contributed by atoms with E-state index in [-0.39, 0.29) is 5.91 Å². The highest BCUT2D eigenvalue weighted by Gasteiger charge is 2.28. The maximum Gasteiger partial charge on any atom is 0.256 e. The molecule has 0 unspecified atom stereocenters. The zero-order chi connectivity index (χ0) is 22.2. The van der Waals surface area contributed by atoms with Gasteiger partial charge in [0.2, 0.25) is 0 Å². The number of rotatable bonds is 5. The molecule has 1 aliphatic rings. The van der Waals surface area contributed by atoms with Crippen molar-refractivity contribution in [1.82, 2.24) is 9.88 Å². The molecule has 5 nitrogen and oxygen atoms in total. The van der Waals surface area contributed by atoms with Crippen molar-refractivity contribution < 1.29 is 4.79 Å². The monoisotopic (exact) mass is 462 g/mol. The van der Waals surface area contributed by atoms with Crippen molar-refractivity contribution in [3.63, 3.8) is 0 Å². The molecule has 2 N–H and O–H groups in total. The highest BCUT2D eigenvalue weighted by atomic mass is 32.1. The number of hydrogen-bond donors (Lipinski definition) is 2. The van der Waals surface area contributed by atoms with Crippen molar-refractivity contribution in [2.24, 2.45) is 0 Å². The molecule has 4 aromatic rings. The van der Waals surface area contributed by atoms with Gasteiger partial charge in [0.15, 0.2) is 0 Å². The Morgan fingerprint density at radius 1 is 1.09 bits per heavy atom. The SMILES string of the molecule is CNc1ccc(C(=O)Nc2sc3c(c2-c2nc4ccccc4s2)CCN(C(C)C)C3)cc1. The van der Waals surface area contributed by atoms with E-state index in [0.717, 1.165) is 46.3 Å². The van der Waals surface area contributed by atoms with Crippen molar-refractivity contribution in [2.75, 3.05) is 24.2 Å². The molecule has 0 spiro atoms. The Morgan fingerprint density at radius 2 is 1.88 bits per heavy atom. The number of nitrogens with zero attached hydrogens (tertiary/aromatic N) is 2. The quantitative estimate of drug-likeness (QED) is 0.377. The number of anilines is 2. The van der Waals surface area contributed by atoms with Gasteiger partial charge in [0.05, 0.1) is 10.2 Å². The Labute approximate surface area is 196 Å². The molecule has 0 saturated heterocycles. The highest BCUT2D eigenvalue weighted by molar-refractivity contribution is 7.23. The normalized spacial score (nSPS) is 14.0. The van der Waals surface area contributed by atoms with Crippen molar-refractivity contribution in [1.29, 1.82) is 0 Å². The van der Waals surface area contributed by atoms with E-state index in [1.807, 2.05) is 43.4 Å². The Balaban J connectivity index is 1.55. The number of thiophene rings is 1. The summed E-state index contributed by atoms with van der Waals surface area (Å²) in [5.74, 6) is -0.0886. The van der Waals surface area contributed by atoms with Gasteiger partial charge in [0.1, 0.15) is 10.0 Å². The lowest BCUT2D eigenvalue weighted by molar-refractivity contribution is 0.102. The molecule has 2 aromatic carbocycles. The van der Waals surface area contributed by atoms with E-state index < -0.39 is 0 Å². The summed E-state index contributed by atoms with van der Waals surface area (Å²) in [5.41, 5.74) is 5.08. The molecule has 0 atom stereocenters. The number of para-hydroxylation sites is 1. The summed E-state index contributed by atoms with van der Waals surface area (Å²) in [6.45, 7) is 6.43. The fraction of sp³-hybridized carbons (Fsp3) is 0.280. The zero-order valence-electron chi connectivity index (χ0n) is 18.4. The molecule has 0 fully saturated rings. The van der Waals surface area contributed by atoms with Crippen molar-refractivity contribution in [2.45, 2.75) is 32.9 Å². The van der Waals surface area contributed by atoms with Crippen LogP contribution in [0.3, 0.4) is 0 Å². The summed E-state index contributed by atoms with van der Waals surface area (Å²) < 4.78 is 1.17. The number of thiazole rings is 1. The van der Waals surface area contributed by atoms with Crippen molar-refractivity contribution in [3.05, 3.63) is 64.5 Å². The van der Waals surface area contributed by atoms with Crippen LogP contribution in [0.25, 0.3) is 20.8 Å². The molecule has 32 heavy (non-hydrogen) atoms. The second-order valence-electron chi connectivity index (χ2n) is 8.29. The van der Waals surface area contributed by atoms with Gasteiger partial charge in [-0.2, -0.15) is 0 Å². The first-order valence-corrected chi connectivity index (χ1v) is 12.5. The summed E-state index contributed by atoms with van der Waals surface area (Å²) in [6, 6.07) is 16.3. The van der Waals surface area contributed by atoms with Crippen LogP contribution in [0.2, 0.25) is 0 Å². The van der Waals surface area contributed by atoms with E-state index >= 15 is 0 Å². The number of carbonyl (C=O) groups excluding carboxylic acids is 1. The second kappa shape index (κ2) is 8.65. The Morgan fingerprint density at radius 3 is 2.59 bits per heavy atom. The zero-order valence-corrected chi connectivity index (χ0v) is 20.1. The predicted molar refractivity (Wildman–Crippen MR) is 136 cm³/mol. The molecular formula is C25H26N4OS2. The first kappa shape index (κ1) is 21.1. The number of aromatic nitrogens is 1.